The van der Waals surface area contributed by atoms with Crippen LogP contribution in [0.3, 0.4) is 0 Å². The van der Waals surface area contributed by atoms with E-state index in [2.05, 4.69) is 36.1 Å². The zero-order valence-electron chi connectivity index (χ0n) is 15.8. The van der Waals surface area contributed by atoms with Gasteiger partial charge >= 0.3 is 0 Å². The van der Waals surface area contributed by atoms with Crippen LogP contribution in [0.5, 0.6) is 11.6 Å². The number of carbonyl (C=O) groups is 1. The predicted molar refractivity (Wildman–Crippen MR) is 116 cm³/mol. The first kappa shape index (κ1) is 19.4. The fourth-order valence-electron chi connectivity index (χ4n) is 3.40. The predicted octanol–water partition coefficient (Wildman–Crippen LogP) is 4.89. The molecular formula is C22H21BrN4O2. The highest BCUT2D eigenvalue weighted by Crippen LogP contribution is 2.31. The molecular weight excluding hydrogens is 432 g/mol. The molecule has 0 unspecified atom stereocenters. The molecule has 29 heavy (non-hydrogen) atoms. The van der Waals surface area contributed by atoms with Crippen molar-refractivity contribution in [2.24, 2.45) is 5.92 Å². The third kappa shape index (κ3) is 4.92. The Bertz CT molecular complexity index is 983. The quantitative estimate of drug-likeness (QED) is 0.596. The SMILES string of the molecule is O=C(Nc1cccc(Br)c1)[C@@H]1CCCN(c2nccnc2Oc2ccccc2)C1. The van der Waals surface area contributed by atoms with E-state index in [1.807, 2.05) is 54.6 Å². The maximum Gasteiger partial charge on any atom is 0.263 e. The van der Waals surface area contributed by atoms with Crippen LogP contribution >= 0.6 is 15.9 Å². The van der Waals surface area contributed by atoms with Gasteiger partial charge in [0.05, 0.1) is 5.92 Å². The Balaban J connectivity index is 1.48. The maximum atomic E-state index is 12.8. The Kier molecular flexibility index (Phi) is 6.05. The summed E-state index contributed by atoms with van der Waals surface area (Å²) in [6.07, 6.45) is 5.00. The van der Waals surface area contributed by atoms with Gasteiger partial charge in [-0.2, -0.15) is 0 Å². The van der Waals surface area contributed by atoms with E-state index < -0.39 is 0 Å². The second kappa shape index (κ2) is 9.05. The second-order valence-electron chi connectivity index (χ2n) is 6.88. The van der Waals surface area contributed by atoms with Gasteiger partial charge in [0.2, 0.25) is 5.91 Å². The van der Waals surface area contributed by atoms with Crippen molar-refractivity contribution in [3.8, 4) is 11.6 Å². The van der Waals surface area contributed by atoms with Gasteiger partial charge in [0.1, 0.15) is 5.75 Å². The number of piperidine rings is 1. The van der Waals surface area contributed by atoms with Crippen LogP contribution < -0.4 is 15.0 Å². The summed E-state index contributed by atoms with van der Waals surface area (Å²) in [5.74, 6) is 1.70. The highest BCUT2D eigenvalue weighted by atomic mass is 79.9. The van der Waals surface area contributed by atoms with E-state index in [1.165, 1.54) is 0 Å². The average Bonchev–Trinajstić information content (AvgIpc) is 2.75. The minimum atomic E-state index is -0.130. The summed E-state index contributed by atoms with van der Waals surface area (Å²) in [4.78, 5) is 23.7. The highest BCUT2D eigenvalue weighted by molar-refractivity contribution is 9.10. The van der Waals surface area contributed by atoms with Crippen molar-refractivity contribution in [2.75, 3.05) is 23.3 Å². The van der Waals surface area contributed by atoms with Crippen LogP contribution in [0.15, 0.2) is 71.5 Å². The molecule has 1 atom stereocenters. The van der Waals surface area contributed by atoms with Gasteiger partial charge < -0.3 is 15.0 Å². The van der Waals surface area contributed by atoms with Crippen LogP contribution in [-0.2, 0) is 4.79 Å². The van der Waals surface area contributed by atoms with Gasteiger partial charge in [0.15, 0.2) is 5.82 Å². The number of halogens is 1. The molecule has 0 aliphatic carbocycles. The third-order valence-electron chi connectivity index (χ3n) is 4.79. The molecule has 148 valence electrons. The van der Waals surface area contributed by atoms with Crippen LogP contribution in [0.4, 0.5) is 11.5 Å². The zero-order chi connectivity index (χ0) is 20.1. The van der Waals surface area contributed by atoms with Crippen LogP contribution in [0.25, 0.3) is 0 Å². The van der Waals surface area contributed by atoms with Gasteiger partial charge in [0, 0.05) is 35.6 Å². The Morgan fingerprint density at radius 1 is 1.10 bits per heavy atom. The number of benzene rings is 2. The molecule has 1 aliphatic rings. The van der Waals surface area contributed by atoms with E-state index in [0.29, 0.717) is 24.0 Å². The molecule has 0 bridgehead atoms. The minimum absolute atomic E-state index is 0.0159. The summed E-state index contributed by atoms with van der Waals surface area (Å²) in [7, 11) is 0. The first-order chi connectivity index (χ1) is 14.2. The van der Waals surface area contributed by atoms with E-state index in [9.17, 15) is 4.79 Å². The van der Waals surface area contributed by atoms with Crippen molar-refractivity contribution >= 4 is 33.3 Å². The zero-order valence-corrected chi connectivity index (χ0v) is 17.4. The topological polar surface area (TPSA) is 67.4 Å². The van der Waals surface area contributed by atoms with Gasteiger partial charge in [-0.15, -0.1) is 0 Å². The van der Waals surface area contributed by atoms with E-state index >= 15 is 0 Å². The molecule has 1 aliphatic heterocycles. The molecule has 1 aromatic heterocycles. The molecule has 1 N–H and O–H groups in total. The molecule has 0 spiro atoms. The molecule has 0 radical (unpaired) electrons. The summed E-state index contributed by atoms with van der Waals surface area (Å²) in [6.45, 7) is 1.38. The monoisotopic (exact) mass is 452 g/mol. The molecule has 2 heterocycles. The molecule has 2 aromatic carbocycles. The molecule has 1 saturated heterocycles. The smallest absolute Gasteiger partial charge is 0.263 e. The summed E-state index contributed by atoms with van der Waals surface area (Å²) >= 11 is 3.43. The summed E-state index contributed by atoms with van der Waals surface area (Å²) in [6, 6.07) is 17.1. The molecule has 6 nitrogen and oxygen atoms in total. The summed E-state index contributed by atoms with van der Waals surface area (Å²) < 4.78 is 6.88. The number of hydrogen-bond donors (Lipinski definition) is 1. The number of nitrogens with one attached hydrogen (secondary N) is 1. The number of aromatic nitrogens is 2. The first-order valence-electron chi connectivity index (χ1n) is 9.54. The lowest BCUT2D eigenvalue weighted by Crippen LogP contribution is -2.41. The number of carbonyl (C=O) groups excluding carboxylic acids is 1. The Hall–Kier alpha value is -2.93. The Labute approximate surface area is 178 Å². The van der Waals surface area contributed by atoms with Gasteiger partial charge in [-0.05, 0) is 43.2 Å². The number of ether oxygens (including phenoxy) is 1. The molecule has 1 amide bonds. The standard InChI is InChI=1S/C22H21BrN4O2/c23-17-7-4-8-18(14-17)26-21(28)16-6-5-13-27(15-16)20-22(25-12-11-24-20)29-19-9-2-1-3-10-19/h1-4,7-12,14,16H,5-6,13,15H2,(H,26,28)/t16-/m1/s1. The van der Waals surface area contributed by atoms with Crippen molar-refractivity contribution in [3.05, 3.63) is 71.5 Å². The molecule has 4 rings (SSSR count). The van der Waals surface area contributed by atoms with Gasteiger partial charge in [-0.1, -0.05) is 40.2 Å². The van der Waals surface area contributed by atoms with Gasteiger partial charge in [0.25, 0.3) is 5.88 Å². The lowest BCUT2D eigenvalue weighted by molar-refractivity contribution is -0.120. The van der Waals surface area contributed by atoms with Crippen molar-refractivity contribution < 1.29 is 9.53 Å². The van der Waals surface area contributed by atoms with Crippen molar-refractivity contribution in [1.29, 1.82) is 0 Å². The fourth-order valence-corrected chi connectivity index (χ4v) is 3.80. The highest BCUT2D eigenvalue weighted by Gasteiger charge is 2.28. The first-order valence-corrected chi connectivity index (χ1v) is 10.3. The van der Waals surface area contributed by atoms with Crippen molar-refractivity contribution in [1.82, 2.24) is 9.97 Å². The lowest BCUT2D eigenvalue weighted by atomic mass is 9.97. The Morgan fingerprint density at radius 3 is 2.76 bits per heavy atom. The average molecular weight is 453 g/mol. The Morgan fingerprint density at radius 2 is 1.93 bits per heavy atom. The van der Waals surface area contributed by atoms with Crippen LogP contribution in [0.2, 0.25) is 0 Å². The summed E-state index contributed by atoms with van der Waals surface area (Å²) in [5, 5.41) is 3.02. The molecule has 1 fully saturated rings. The number of nitrogens with zero attached hydrogens (tertiary/aromatic N) is 3. The number of anilines is 2. The van der Waals surface area contributed by atoms with E-state index in [0.717, 1.165) is 29.5 Å². The normalized spacial score (nSPS) is 16.3. The second-order valence-corrected chi connectivity index (χ2v) is 7.80. The van der Waals surface area contributed by atoms with Crippen molar-refractivity contribution in [2.45, 2.75) is 12.8 Å². The fraction of sp³-hybridized carbons (Fsp3) is 0.227. The van der Waals surface area contributed by atoms with Gasteiger partial charge in [-0.25, -0.2) is 9.97 Å². The van der Waals surface area contributed by atoms with E-state index in [4.69, 9.17) is 4.74 Å². The molecule has 7 heteroatoms. The van der Waals surface area contributed by atoms with Crippen LogP contribution in [0, 0.1) is 5.92 Å². The lowest BCUT2D eigenvalue weighted by Gasteiger charge is -2.33. The van der Waals surface area contributed by atoms with Crippen LogP contribution in [0.1, 0.15) is 12.8 Å². The van der Waals surface area contributed by atoms with E-state index in [1.54, 1.807) is 12.4 Å². The summed E-state index contributed by atoms with van der Waals surface area (Å²) in [5.41, 5.74) is 0.786. The number of rotatable bonds is 5. The minimum Gasteiger partial charge on any atom is -0.436 e. The largest absolute Gasteiger partial charge is 0.436 e. The molecule has 3 aromatic rings. The number of hydrogen-bond acceptors (Lipinski definition) is 5. The number of para-hydroxylation sites is 1. The van der Waals surface area contributed by atoms with Crippen molar-refractivity contribution in [3.63, 3.8) is 0 Å². The van der Waals surface area contributed by atoms with Gasteiger partial charge in [-0.3, -0.25) is 4.79 Å². The number of amides is 1. The van der Waals surface area contributed by atoms with E-state index in [-0.39, 0.29) is 11.8 Å². The van der Waals surface area contributed by atoms with Crippen LogP contribution in [-0.4, -0.2) is 29.0 Å². The maximum absolute atomic E-state index is 12.8. The molecule has 0 saturated carbocycles. The third-order valence-corrected chi connectivity index (χ3v) is 5.28.